The molecular formula is C3H10N2O2. The molecule has 0 spiro atoms. The second kappa shape index (κ2) is 5.84. The quantitative estimate of drug-likeness (QED) is 0.230. The van der Waals surface area contributed by atoms with Crippen molar-refractivity contribution >= 4 is 0 Å². The number of aliphatic hydroxyl groups is 1. The van der Waals surface area contributed by atoms with Gasteiger partial charge in [0.25, 0.3) is 0 Å². The van der Waals surface area contributed by atoms with Crippen molar-refractivity contribution in [3.05, 3.63) is 0 Å². The Balaban J connectivity index is 2.45. The first kappa shape index (κ1) is 6.84. The Bertz CT molecular complexity index is 30.1. The molecule has 4 N–H and O–H groups in total. The standard InChI is InChI=1S/C3H10N2O2/c4-1-2-7-5-3-6/h5-6H,1-4H2. The number of rotatable bonds is 4. The summed E-state index contributed by atoms with van der Waals surface area (Å²) in [5, 5.41) is 8.02. The summed E-state index contributed by atoms with van der Waals surface area (Å²) in [6, 6.07) is 0. The molecule has 4 nitrogen and oxygen atoms in total. The van der Waals surface area contributed by atoms with E-state index in [1.54, 1.807) is 0 Å². The Labute approximate surface area is 42.2 Å². The molecule has 0 saturated carbocycles. The molecule has 7 heavy (non-hydrogen) atoms. The van der Waals surface area contributed by atoms with Gasteiger partial charge in [-0.15, -0.1) is 0 Å². The highest BCUT2D eigenvalue weighted by Gasteiger charge is 1.76. The van der Waals surface area contributed by atoms with Gasteiger partial charge in [0.05, 0.1) is 6.61 Å². The van der Waals surface area contributed by atoms with Gasteiger partial charge in [0.2, 0.25) is 0 Å². The van der Waals surface area contributed by atoms with Crippen molar-refractivity contribution in [3.8, 4) is 0 Å². The molecule has 0 unspecified atom stereocenters. The highest BCUT2D eigenvalue weighted by molar-refractivity contribution is 4.23. The van der Waals surface area contributed by atoms with Crippen LogP contribution in [0.15, 0.2) is 0 Å². The minimum Gasteiger partial charge on any atom is -0.379 e. The van der Waals surface area contributed by atoms with E-state index in [-0.39, 0.29) is 6.73 Å². The van der Waals surface area contributed by atoms with Gasteiger partial charge in [-0.25, -0.2) is 0 Å². The van der Waals surface area contributed by atoms with E-state index < -0.39 is 0 Å². The van der Waals surface area contributed by atoms with E-state index in [1.807, 2.05) is 0 Å². The molecule has 0 bridgehead atoms. The van der Waals surface area contributed by atoms with Crippen LogP contribution in [-0.2, 0) is 4.84 Å². The molecule has 0 aromatic rings. The minimum absolute atomic E-state index is 0.167. The lowest BCUT2D eigenvalue weighted by Gasteiger charge is -1.97. The van der Waals surface area contributed by atoms with Crippen LogP contribution in [-0.4, -0.2) is 25.0 Å². The van der Waals surface area contributed by atoms with Crippen molar-refractivity contribution < 1.29 is 9.94 Å². The van der Waals surface area contributed by atoms with E-state index in [2.05, 4.69) is 10.3 Å². The zero-order chi connectivity index (χ0) is 5.54. The summed E-state index contributed by atoms with van der Waals surface area (Å²) in [6.45, 7) is 0.730. The molecule has 0 saturated heterocycles. The molecule has 0 radical (unpaired) electrons. The Morgan fingerprint density at radius 2 is 2.43 bits per heavy atom. The predicted molar refractivity (Wildman–Crippen MR) is 25.2 cm³/mol. The average Bonchev–Trinajstić information content (AvgIpc) is 1.69. The fourth-order valence-corrected chi connectivity index (χ4v) is 0.177. The largest absolute Gasteiger partial charge is 0.379 e. The lowest BCUT2D eigenvalue weighted by molar-refractivity contribution is -0.000571. The number of nitrogens with one attached hydrogen (secondary N) is 1. The molecule has 0 aliphatic rings. The van der Waals surface area contributed by atoms with Crippen LogP contribution in [0.3, 0.4) is 0 Å². The number of hydroxylamine groups is 1. The number of aliphatic hydroxyl groups excluding tert-OH is 1. The van der Waals surface area contributed by atoms with Crippen molar-refractivity contribution in [1.29, 1.82) is 0 Å². The summed E-state index contributed by atoms with van der Waals surface area (Å²) in [4.78, 5) is 4.51. The van der Waals surface area contributed by atoms with Gasteiger partial charge in [0.15, 0.2) is 0 Å². The fourth-order valence-electron chi connectivity index (χ4n) is 0.177. The molecule has 0 atom stereocenters. The van der Waals surface area contributed by atoms with Crippen molar-refractivity contribution in [2.75, 3.05) is 19.9 Å². The maximum absolute atomic E-state index is 8.02. The molecule has 0 aromatic heterocycles. The summed E-state index contributed by atoms with van der Waals surface area (Å²) in [6.07, 6.45) is 0. The molecule has 4 heteroatoms. The van der Waals surface area contributed by atoms with Gasteiger partial charge in [-0.05, 0) is 0 Å². The third-order valence-electron chi connectivity index (χ3n) is 0.387. The first-order valence-electron chi connectivity index (χ1n) is 2.07. The lowest BCUT2D eigenvalue weighted by Crippen LogP contribution is -2.20. The smallest absolute Gasteiger partial charge is 0.116 e. The van der Waals surface area contributed by atoms with Gasteiger partial charge < -0.3 is 10.8 Å². The zero-order valence-electron chi connectivity index (χ0n) is 4.05. The molecule has 0 heterocycles. The SMILES string of the molecule is NCCONCO. The Morgan fingerprint density at radius 3 is 2.86 bits per heavy atom. The highest BCUT2D eigenvalue weighted by atomic mass is 16.7. The first-order chi connectivity index (χ1) is 3.41. The van der Waals surface area contributed by atoms with Crippen LogP contribution in [0.2, 0.25) is 0 Å². The number of nitrogens with two attached hydrogens (primary N) is 1. The highest BCUT2D eigenvalue weighted by Crippen LogP contribution is 1.57. The number of hydrogen-bond acceptors (Lipinski definition) is 4. The maximum Gasteiger partial charge on any atom is 0.116 e. The molecule has 0 fully saturated rings. The van der Waals surface area contributed by atoms with Crippen molar-refractivity contribution in [2.24, 2.45) is 5.73 Å². The van der Waals surface area contributed by atoms with E-state index in [0.717, 1.165) is 0 Å². The van der Waals surface area contributed by atoms with Crippen molar-refractivity contribution in [3.63, 3.8) is 0 Å². The van der Waals surface area contributed by atoms with Crippen LogP contribution in [0.25, 0.3) is 0 Å². The molecule has 0 rings (SSSR count). The van der Waals surface area contributed by atoms with E-state index in [1.165, 1.54) is 0 Å². The second-order valence-corrected chi connectivity index (χ2v) is 0.940. The van der Waals surface area contributed by atoms with Gasteiger partial charge >= 0.3 is 0 Å². The van der Waals surface area contributed by atoms with Crippen LogP contribution in [0.5, 0.6) is 0 Å². The van der Waals surface area contributed by atoms with Crippen molar-refractivity contribution in [2.45, 2.75) is 0 Å². The molecule has 0 aromatic carbocycles. The van der Waals surface area contributed by atoms with Crippen LogP contribution < -0.4 is 11.2 Å². The topological polar surface area (TPSA) is 67.5 Å². The van der Waals surface area contributed by atoms with Crippen LogP contribution >= 0.6 is 0 Å². The monoisotopic (exact) mass is 106 g/mol. The summed E-state index contributed by atoms with van der Waals surface area (Å²) >= 11 is 0. The van der Waals surface area contributed by atoms with Gasteiger partial charge in [-0.3, -0.25) is 4.84 Å². The Hall–Kier alpha value is -0.160. The van der Waals surface area contributed by atoms with Crippen LogP contribution in [0.4, 0.5) is 0 Å². The summed E-state index contributed by atoms with van der Waals surface area (Å²) in [5.74, 6) is 0. The number of hydrogen-bond donors (Lipinski definition) is 3. The van der Waals surface area contributed by atoms with Crippen LogP contribution in [0, 0.1) is 0 Å². The van der Waals surface area contributed by atoms with E-state index >= 15 is 0 Å². The molecular weight excluding hydrogens is 96.0 g/mol. The van der Waals surface area contributed by atoms with Gasteiger partial charge in [0.1, 0.15) is 6.73 Å². The van der Waals surface area contributed by atoms with E-state index in [9.17, 15) is 0 Å². The predicted octanol–water partition coefficient (Wildman–Crippen LogP) is -1.58. The van der Waals surface area contributed by atoms with E-state index in [0.29, 0.717) is 13.2 Å². The molecule has 44 valence electrons. The van der Waals surface area contributed by atoms with Gasteiger partial charge in [-0.2, -0.15) is 5.48 Å². The second-order valence-electron chi connectivity index (χ2n) is 0.940. The van der Waals surface area contributed by atoms with Gasteiger partial charge in [0, 0.05) is 6.54 Å². The normalized spacial score (nSPS) is 9.43. The maximum atomic E-state index is 8.02. The lowest BCUT2D eigenvalue weighted by atomic mass is 10.8. The average molecular weight is 106 g/mol. The molecule has 0 amide bonds. The third kappa shape index (κ3) is 5.84. The Morgan fingerprint density at radius 1 is 1.71 bits per heavy atom. The summed E-state index contributed by atoms with van der Waals surface area (Å²) in [5.41, 5.74) is 7.25. The summed E-state index contributed by atoms with van der Waals surface area (Å²) < 4.78 is 0. The van der Waals surface area contributed by atoms with Crippen molar-refractivity contribution in [1.82, 2.24) is 5.48 Å². The summed E-state index contributed by atoms with van der Waals surface area (Å²) in [7, 11) is 0. The zero-order valence-corrected chi connectivity index (χ0v) is 4.05. The minimum atomic E-state index is -0.167. The molecule has 0 aliphatic heterocycles. The Kier molecular flexibility index (Phi) is 5.71. The van der Waals surface area contributed by atoms with Crippen LogP contribution in [0.1, 0.15) is 0 Å². The fraction of sp³-hybridized carbons (Fsp3) is 1.00. The first-order valence-corrected chi connectivity index (χ1v) is 2.07. The third-order valence-corrected chi connectivity index (χ3v) is 0.387. The van der Waals surface area contributed by atoms with E-state index in [4.69, 9.17) is 10.8 Å². The van der Waals surface area contributed by atoms with Gasteiger partial charge in [-0.1, -0.05) is 0 Å². The molecule has 0 aliphatic carbocycles.